The van der Waals surface area contributed by atoms with Crippen LogP contribution in [0.4, 0.5) is 0 Å². The van der Waals surface area contributed by atoms with Crippen LogP contribution in [0.25, 0.3) is 0 Å². The summed E-state index contributed by atoms with van der Waals surface area (Å²) >= 11 is 0. The summed E-state index contributed by atoms with van der Waals surface area (Å²) < 4.78 is 25.5. The van der Waals surface area contributed by atoms with Crippen LogP contribution in [0.15, 0.2) is 0 Å². The third kappa shape index (κ3) is 27.3. The van der Waals surface area contributed by atoms with Gasteiger partial charge in [0, 0.05) is 12.3 Å². The Morgan fingerprint density at radius 1 is 0.718 bits per heavy atom. The molecule has 0 rings (SSSR count). The molecule has 208 valence electrons. The SMILES string of the molecule is CC#CC#CC#CC#CC#CC#CC(=O)OC[C@H](COP(=O)(O)O)OC(=O)CCCCCCCCCCCC. The predicted molar refractivity (Wildman–Crippen MR) is 148 cm³/mol. The van der Waals surface area contributed by atoms with Crippen LogP contribution in [0.3, 0.4) is 0 Å². The van der Waals surface area contributed by atoms with E-state index in [9.17, 15) is 14.2 Å². The molecule has 0 amide bonds. The van der Waals surface area contributed by atoms with Crippen LogP contribution in [0, 0.1) is 71.0 Å². The van der Waals surface area contributed by atoms with Crippen LogP contribution in [-0.2, 0) is 28.2 Å². The number of ether oxygens (including phenoxy) is 2. The van der Waals surface area contributed by atoms with Gasteiger partial charge in [0.05, 0.1) is 6.61 Å². The lowest BCUT2D eigenvalue weighted by Gasteiger charge is -2.17. The Labute approximate surface area is 232 Å². The normalized spacial score (nSPS) is 9.95. The van der Waals surface area contributed by atoms with Crippen LogP contribution in [0.1, 0.15) is 84.5 Å². The molecule has 9 heteroatoms. The summed E-state index contributed by atoms with van der Waals surface area (Å²) in [7, 11) is -4.81. The van der Waals surface area contributed by atoms with Crippen LogP contribution >= 0.6 is 7.82 Å². The molecule has 0 heterocycles. The summed E-state index contributed by atoms with van der Waals surface area (Å²) in [6.07, 6.45) is 10.0. The highest BCUT2D eigenvalue weighted by molar-refractivity contribution is 7.46. The number of carbonyl (C=O) groups excluding carboxylic acids is 2. The van der Waals surface area contributed by atoms with E-state index in [0.29, 0.717) is 6.42 Å². The lowest BCUT2D eigenvalue weighted by Crippen LogP contribution is -2.29. The van der Waals surface area contributed by atoms with Crippen LogP contribution in [0.2, 0.25) is 0 Å². The molecule has 0 spiro atoms. The third-order valence-electron chi connectivity index (χ3n) is 4.71. The fourth-order valence-electron chi connectivity index (χ4n) is 2.90. The molecule has 1 atom stereocenters. The number of rotatable bonds is 17. The highest BCUT2D eigenvalue weighted by Gasteiger charge is 2.22. The van der Waals surface area contributed by atoms with Gasteiger partial charge in [0.1, 0.15) is 6.61 Å². The first-order valence-electron chi connectivity index (χ1n) is 12.8. The summed E-state index contributed by atoms with van der Waals surface area (Å²) in [5.41, 5.74) is 0. The van der Waals surface area contributed by atoms with E-state index in [2.05, 4.69) is 82.5 Å². The van der Waals surface area contributed by atoms with Gasteiger partial charge in [-0.3, -0.25) is 9.32 Å². The largest absolute Gasteiger partial charge is 0.469 e. The summed E-state index contributed by atoms with van der Waals surface area (Å²) in [5.74, 6) is 27.3. The van der Waals surface area contributed by atoms with Gasteiger partial charge < -0.3 is 19.3 Å². The zero-order chi connectivity index (χ0) is 29.0. The van der Waals surface area contributed by atoms with Crippen molar-refractivity contribution in [3.05, 3.63) is 0 Å². The monoisotopic (exact) mass is 554 g/mol. The number of esters is 2. The molecule has 0 aliphatic rings. The summed E-state index contributed by atoms with van der Waals surface area (Å²) in [4.78, 5) is 41.8. The Bertz CT molecular complexity index is 1180. The topological polar surface area (TPSA) is 119 Å². The van der Waals surface area contributed by atoms with Crippen LogP contribution in [-0.4, -0.2) is 41.0 Å². The van der Waals surface area contributed by atoms with E-state index in [4.69, 9.17) is 19.3 Å². The van der Waals surface area contributed by atoms with Gasteiger partial charge >= 0.3 is 19.8 Å². The highest BCUT2D eigenvalue weighted by Crippen LogP contribution is 2.35. The van der Waals surface area contributed by atoms with E-state index in [1.807, 2.05) is 0 Å². The molecule has 2 N–H and O–H groups in total. The van der Waals surface area contributed by atoms with Crippen molar-refractivity contribution < 1.29 is 37.9 Å². The summed E-state index contributed by atoms with van der Waals surface area (Å²) in [5, 5.41) is 0. The fraction of sp³-hybridized carbons (Fsp3) is 0.533. The maximum Gasteiger partial charge on any atom is 0.469 e. The van der Waals surface area contributed by atoms with Crippen molar-refractivity contribution in [1.82, 2.24) is 0 Å². The van der Waals surface area contributed by atoms with Gasteiger partial charge in [-0.05, 0) is 72.5 Å². The van der Waals surface area contributed by atoms with Crippen LogP contribution in [0.5, 0.6) is 0 Å². The van der Waals surface area contributed by atoms with E-state index < -0.39 is 39.1 Å². The van der Waals surface area contributed by atoms with Crippen molar-refractivity contribution in [3.63, 3.8) is 0 Å². The Hall–Kier alpha value is -3.59. The lowest BCUT2D eigenvalue weighted by atomic mass is 10.1. The van der Waals surface area contributed by atoms with Crippen molar-refractivity contribution in [2.45, 2.75) is 90.6 Å². The minimum Gasteiger partial charge on any atom is -0.456 e. The van der Waals surface area contributed by atoms with Crippen molar-refractivity contribution in [1.29, 1.82) is 0 Å². The molecule has 0 aliphatic carbocycles. The minimum absolute atomic E-state index is 0.136. The number of carbonyl (C=O) groups is 2. The van der Waals surface area contributed by atoms with E-state index in [1.165, 1.54) is 38.5 Å². The molecular formula is C30H35O8P. The standard InChI is InChI=1S/C30H35O8P/c1-3-5-7-9-11-13-15-17-18-20-22-24-29(31)36-26-28(27-37-39(33,34)35)38-30(32)25-23-21-19-16-14-12-10-8-6-4-2/h28H,4,6,8,10,12,14,16,19,21,23,25-27H2,1-2H3,(H2,33,34,35)/t28-/m1/s1. The molecule has 0 aromatic carbocycles. The second kappa shape index (κ2) is 24.7. The minimum atomic E-state index is -4.81. The highest BCUT2D eigenvalue weighted by atomic mass is 31.2. The zero-order valence-electron chi connectivity index (χ0n) is 22.6. The molecule has 8 nitrogen and oxygen atoms in total. The van der Waals surface area contributed by atoms with Gasteiger partial charge in [-0.25, -0.2) is 9.36 Å². The molecule has 0 radical (unpaired) electrons. The Morgan fingerprint density at radius 3 is 1.72 bits per heavy atom. The van der Waals surface area contributed by atoms with Gasteiger partial charge in [-0.2, -0.15) is 0 Å². The Kier molecular flexibility index (Phi) is 22.5. The molecule has 0 aromatic rings. The maximum absolute atomic E-state index is 12.1. The molecule has 0 unspecified atom stereocenters. The van der Waals surface area contributed by atoms with Gasteiger partial charge in [0.15, 0.2) is 6.10 Å². The predicted octanol–water partition coefficient (Wildman–Crippen LogP) is 3.90. The second-order valence-electron chi connectivity index (χ2n) is 8.05. The van der Waals surface area contributed by atoms with Crippen molar-refractivity contribution in [3.8, 4) is 71.0 Å². The average molecular weight is 555 g/mol. The number of hydrogen-bond acceptors (Lipinski definition) is 6. The average Bonchev–Trinajstić information content (AvgIpc) is 2.89. The van der Waals surface area contributed by atoms with Gasteiger partial charge in [-0.1, -0.05) is 70.6 Å². The molecule has 39 heavy (non-hydrogen) atoms. The summed E-state index contributed by atoms with van der Waals surface area (Å²) in [6.45, 7) is 2.70. The van der Waals surface area contributed by atoms with Crippen molar-refractivity contribution in [2.75, 3.05) is 13.2 Å². The van der Waals surface area contributed by atoms with Gasteiger partial charge in [-0.15, -0.1) is 0 Å². The van der Waals surface area contributed by atoms with Crippen molar-refractivity contribution >= 4 is 19.8 Å². The van der Waals surface area contributed by atoms with Crippen molar-refractivity contribution in [2.24, 2.45) is 0 Å². The third-order valence-corrected chi connectivity index (χ3v) is 5.20. The first-order valence-corrected chi connectivity index (χ1v) is 14.3. The first-order chi connectivity index (χ1) is 18.8. The first kappa shape index (κ1) is 35.4. The molecule has 0 aromatic heterocycles. The lowest BCUT2D eigenvalue weighted by molar-refractivity contribution is -0.158. The fourth-order valence-corrected chi connectivity index (χ4v) is 3.26. The number of phosphoric ester groups is 1. The number of unbranched alkanes of at least 4 members (excludes halogenated alkanes) is 9. The van der Waals surface area contributed by atoms with E-state index in [-0.39, 0.29) is 6.42 Å². The number of phosphoric acid groups is 1. The van der Waals surface area contributed by atoms with E-state index >= 15 is 0 Å². The molecule has 0 saturated heterocycles. The van der Waals surface area contributed by atoms with E-state index in [0.717, 1.165) is 19.3 Å². The Balaban J connectivity index is 4.51. The van der Waals surface area contributed by atoms with Gasteiger partial charge in [0.25, 0.3) is 0 Å². The molecule has 0 fully saturated rings. The Morgan fingerprint density at radius 2 is 1.21 bits per heavy atom. The molecular weight excluding hydrogens is 519 g/mol. The summed E-state index contributed by atoms with van der Waals surface area (Å²) in [6, 6.07) is 0. The van der Waals surface area contributed by atoms with Gasteiger partial charge in [0.2, 0.25) is 0 Å². The quantitative estimate of drug-likeness (QED) is 0.0914. The maximum atomic E-state index is 12.1. The second-order valence-corrected chi connectivity index (χ2v) is 9.29. The molecule has 0 bridgehead atoms. The van der Waals surface area contributed by atoms with E-state index in [1.54, 1.807) is 6.92 Å². The zero-order valence-corrected chi connectivity index (χ0v) is 23.5. The number of hydrogen-bond donors (Lipinski definition) is 2. The van der Waals surface area contributed by atoms with Crippen LogP contribution < -0.4 is 0 Å². The molecule has 0 saturated carbocycles. The molecule has 0 aliphatic heterocycles. The smallest absolute Gasteiger partial charge is 0.456 e.